The zero-order valence-electron chi connectivity index (χ0n) is 11.6. The number of aliphatic hydroxyl groups is 1. The first-order chi connectivity index (χ1) is 8.10. The van der Waals surface area contributed by atoms with Gasteiger partial charge in [0, 0.05) is 0 Å². The van der Waals surface area contributed by atoms with Crippen LogP contribution in [0.15, 0.2) is 24.3 Å². The summed E-state index contributed by atoms with van der Waals surface area (Å²) in [7, 11) is 0. The van der Waals surface area contributed by atoms with E-state index in [1.165, 1.54) is 5.56 Å². The van der Waals surface area contributed by atoms with Crippen LogP contribution in [0.5, 0.6) is 0 Å². The number of aliphatic hydroxyl groups excluding tert-OH is 1. The Hall–Kier alpha value is -0.820. The van der Waals surface area contributed by atoms with Crippen LogP contribution in [-0.2, 0) is 0 Å². The van der Waals surface area contributed by atoms with E-state index in [0.29, 0.717) is 11.8 Å². The van der Waals surface area contributed by atoms with Crippen LogP contribution in [0.4, 0.5) is 0 Å². The van der Waals surface area contributed by atoms with E-state index in [0.717, 1.165) is 24.8 Å². The average Bonchev–Trinajstić information content (AvgIpc) is 2.37. The van der Waals surface area contributed by atoms with Gasteiger partial charge in [-0.15, -0.1) is 0 Å². The van der Waals surface area contributed by atoms with E-state index in [2.05, 4.69) is 52.0 Å². The van der Waals surface area contributed by atoms with Gasteiger partial charge in [0.15, 0.2) is 0 Å². The third-order valence-corrected chi connectivity index (χ3v) is 3.74. The van der Waals surface area contributed by atoms with Crippen molar-refractivity contribution in [2.45, 2.75) is 59.0 Å². The van der Waals surface area contributed by atoms with Crippen molar-refractivity contribution in [2.24, 2.45) is 5.92 Å². The van der Waals surface area contributed by atoms with E-state index < -0.39 is 0 Å². The molecule has 0 aliphatic carbocycles. The molecule has 0 bridgehead atoms. The second-order valence-corrected chi connectivity index (χ2v) is 5.19. The Morgan fingerprint density at radius 1 is 1.00 bits per heavy atom. The van der Waals surface area contributed by atoms with Crippen LogP contribution in [0, 0.1) is 5.92 Å². The first-order valence-electron chi connectivity index (χ1n) is 6.88. The SMILES string of the molecule is CCCC(C)C(O)c1ccc(C(C)CC)cc1. The Bertz CT molecular complexity index is 315. The summed E-state index contributed by atoms with van der Waals surface area (Å²) >= 11 is 0. The molecule has 1 N–H and O–H groups in total. The van der Waals surface area contributed by atoms with Gasteiger partial charge in [-0.05, 0) is 35.8 Å². The molecule has 0 aromatic heterocycles. The summed E-state index contributed by atoms with van der Waals surface area (Å²) in [5, 5.41) is 10.2. The normalized spacial score (nSPS) is 16.5. The molecule has 1 aromatic carbocycles. The van der Waals surface area contributed by atoms with Crippen molar-refractivity contribution in [3.63, 3.8) is 0 Å². The van der Waals surface area contributed by atoms with E-state index in [-0.39, 0.29) is 6.10 Å². The van der Waals surface area contributed by atoms with E-state index in [1.807, 2.05) is 0 Å². The molecule has 1 heteroatoms. The smallest absolute Gasteiger partial charge is 0.0815 e. The molecule has 0 aliphatic rings. The third-order valence-electron chi connectivity index (χ3n) is 3.74. The minimum absolute atomic E-state index is 0.319. The number of hydrogen-bond acceptors (Lipinski definition) is 1. The fraction of sp³-hybridized carbons (Fsp3) is 0.625. The van der Waals surface area contributed by atoms with E-state index >= 15 is 0 Å². The zero-order valence-corrected chi connectivity index (χ0v) is 11.6. The molecule has 1 aromatic rings. The van der Waals surface area contributed by atoms with Crippen molar-refractivity contribution < 1.29 is 5.11 Å². The summed E-state index contributed by atoms with van der Waals surface area (Å²) in [5.41, 5.74) is 2.42. The van der Waals surface area contributed by atoms with Gasteiger partial charge in [0.05, 0.1) is 6.10 Å². The first-order valence-corrected chi connectivity index (χ1v) is 6.88. The predicted molar refractivity (Wildman–Crippen MR) is 74.2 cm³/mol. The Morgan fingerprint density at radius 2 is 1.53 bits per heavy atom. The second-order valence-electron chi connectivity index (χ2n) is 5.19. The Kier molecular flexibility index (Phi) is 5.70. The maximum Gasteiger partial charge on any atom is 0.0815 e. The highest BCUT2D eigenvalue weighted by Gasteiger charge is 2.15. The maximum absolute atomic E-state index is 10.2. The van der Waals surface area contributed by atoms with E-state index in [1.54, 1.807) is 0 Å². The monoisotopic (exact) mass is 234 g/mol. The van der Waals surface area contributed by atoms with Crippen molar-refractivity contribution in [3.05, 3.63) is 35.4 Å². The standard InChI is InChI=1S/C16H26O/c1-5-7-13(4)16(17)15-10-8-14(9-11-15)12(3)6-2/h8-13,16-17H,5-7H2,1-4H3. The van der Waals surface area contributed by atoms with Gasteiger partial charge in [0.2, 0.25) is 0 Å². The Morgan fingerprint density at radius 3 is 2.00 bits per heavy atom. The molecule has 0 saturated heterocycles. The van der Waals surface area contributed by atoms with Gasteiger partial charge in [-0.25, -0.2) is 0 Å². The lowest BCUT2D eigenvalue weighted by molar-refractivity contribution is 0.112. The molecule has 0 fully saturated rings. The quantitative estimate of drug-likeness (QED) is 0.758. The van der Waals surface area contributed by atoms with Crippen molar-refractivity contribution in [2.75, 3.05) is 0 Å². The summed E-state index contributed by atoms with van der Waals surface area (Å²) in [6.45, 7) is 8.73. The first kappa shape index (κ1) is 14.2. The summed E-state index contributed by atoms with van der Waals surface area (Å²) in [6, 6.07) is 8.48. The molecule has 1 rings (SSSR count). The molecule has 3 unspecified atom stereocenters. The number of hydrogen-bond donors (Lipinski definition) is 1. The lowest BCUT2D eigenvalue weighted by atomic mass is 9.91. The largest absolute Gasteiger partial charge is 0.388 e. The topological polar surface area (TPSA) is 20.2 Å². The van der Waals surface area contributed by atoms with Gasteiger partial charge >= 0.3 is 0 Å². The van der Waals surface area contributed by atoms with Crippen molar-refractivity contribution in [1.82, 2.24) is 0 Å². The average molecular weight is 234 g/mol. The summed E-state index contributed by atoms with van der Waals surface area (Å²) in [5.74, 6) is 0.948. The van der Waals surface area contributed by atoms with E-state index in [4.69, 9.17) is 0 Å². The molecule has 0 aliphatic heterocycles. The summed E-state index contributed by atoms with van der Waals surface area (Å²) < 4.78 is 0. The molecule has 1 nitrogen and oxygen atoms in total. The molecule has 0 radical (unpaired) electrons. The van der Waals surface area contributed by atoms with Gasteiger partial charge in [-0.1, -0.05) is 58.4 Å². The lowest BCUT2D eigenvalue weighted by Gasteiger charge is -2.19. The second kappa shape index (κ2) is 6.80. The Labute approximate surface area is 106 Å². The zero-order chi connectivity index (χ0) is 12.8. The van der Waals surface area contributed by atoms with Crippen LogP contribution in [0.1, 0.15) is 70.1 Å². The van der Waals surface area contributed by atoms with Crippen LogP contribution in [-0.4, -0.2) is 5.11 Å². The van der Waals surface area contributed by atoms with Gasteiger partial charge in [0.25, 0.3) is 0 Å². The van der Waals surface area contributed by atoms with Gasteiger partial charge in [0.1, 0.15) is 0 Å². The van der Waals surface area contributed by atoms with E-state index in [9.17, 15) is 5.11 Å². The van der Waals surface area contributed by atoms with Crippen LogP contribution in [0.2, 0.25) is 0 Å². The highest BCUT2D eigenvalue weighted by atomic mass is 16.3. The molecule has 0 spiro atoms. The number of benzene rings is 1. The molecule has 3 atom stereocenters. The lowest BCUT2D eigenvalue weighted by Crippen LogP contribution is -2.09. The molecule has 17 heavy (non-hydrogen) atoms. The van der Waals surface area contributed by atoms with Crippen LogP contribution < -0.4 is 0 Å². The van der Waals surface area contributed by atoms with Crippen LogP contribution in [0.25, 0.3) is 0 Å². The summed E-state index contributed by atoms with van der Waals surface area (Å²) in [4.78, 5) is 0. The molecule has 0 heterocycles. The van der Waals surface area contributed by atoms with Crippen molar-refractivity contribution >= 4 is 0 Å². The van der Waals surface area contributed by atoms with Crippen LogP contribution >= 0.6 is 0 Å². The Balaban J connectivity index is 2.73. The molecule has 96 valence electrons. The van der Waals surface area contributed by atoms with Gasteiger partial charge < -0.3 is 5.11 Å². The highest BCUT2D eigenvalue weighted by Crippen LogP contribution is 2.27. The molecular weight excluding hydrogens is 208 g/mol. The van der Waals surface area contributed by atoms with Crippen molar-refractivity contribution in [1.29, 1.82) is 0 Å². The van der Waals surface area contributed by atoms with Gasteiger partial charge in [-0.3, -0.25) is 0 Å². The summed E-state index contributed by atoms with van der Waals surface area (Å²) in [6.07, 6.45) is 3.05. The fourth-order valence-corrected chi connectivity index (χ4v) is 2.20. The molecule has 0 amide bonds. The van der Waals surface area contributed by atoms with Crippen molar-refractivity contribution in [3.8, 4) is 0 Å². The van der Waals surface area contributed by atoms with Gasteiger partial charge in [-0.2, -0.15) is 0 Å². The molecular formula is C16H26O. The highest BCUT2D eigenvalue weighted by molar-refractivity contribution is 5.26. The third kappa shape index (κ3) is 3.85. The minimum atomic E-state index is -0.319. The molecule has 0 saturated carbocycles. The van der Waals surface area contributed by atoms with Crippen LogP contribution in [0.3, 0.4) is 0 Å². The number of rotatable bonds is 6. The maximum atomic E-state index is 10.2. The minimum Gasteiger partial charge on any atom is -0.388 e. The fourth-order valence-electron chi connectivity index (χ4n) is 2.20. The predicted octanol–water partition coefficient (Wildman–Crippen LogP) is 4.67.